The third-order valence-electron chi connectivity index (χ3n) is 5.22. The van der Waals surface area contributed by atoms with E-state index in [0.717, 1.165) is 25.9 Å². The fraction of sp³-hybridized carbons (Fsp3) is 0.938. The largest absolute Gasteiger partial charge is 0.301 e. The van der Waals surface area contributed by atoms with E-state index in [0.29, 0.717) is 17.7 Å². The molecule has 1 aliphatic rings. The Morgan fingerprint density at radius 2 is 1.83 bits per heavy atom. The Balaban J connectivity index is 2.81. The first-order valence-corrected chi connectivity index (χ1v) is 7.61. The second kappa shape index (κ2) is 6.18. The first-order chi connectivity index (χ1) is 8.34. The van der Waals surface area contributed by atoms with Crippen molar-refractivity contribution in [3.05, 3.63) is 0 Å². The molecule has 0 saturated heterocycles. The lowest BCUT2D eigenvalue weighted by atomic mass is 9.65. The Morgan fingerprint density at radius 1 is 1.28 bits per heavy atom. The highest BCUT2D eigenvalue weighted by atomic mass is 16.1. The maximum absolute atomic E-state index is 12.3. The standard InChI is InChI=1S/C16H31NO/c1-7-17(8-2)13(4)16(5,6)14-10-9-12(3)11-15(14)18/h12-14H,7-11H2,1-6H3. The third-order valence-corrected chi connectivity index (χ3v) is 5.22. The Labute approximate surface area is 113 Å². The van der Waals surface area contributed by atoms with Gasteiger partial charge in [-0.05, 0) is 44.2 Å². The van der Waals surface area contributed by atoms with E-state index < -0.39 is 0 Å². The summed E-state index contributed by atoms with van der Waals surface area (Å²) in [6.07, 6.45) is 3.09. The predicted octanol–water partition coefficient (Wildman–Crippen LogP) is 3.75. The van der Waals surface area contributed by atoms with E-state index in [1.165, 1.54) is 6.42 Å². The lowest BCUT2D eigenvalue weighted by molar-refractivity contribution is -0.132. The Kier molecular flexibility index (Phi) is 5.39. The van der Waals surface area contributed by atoms with Gasteiger partial charge in [0.1, 0.15) is 5.78 Å². The molecular formula is C16H31NO. The van der Waals surface area contributed by atoms with Crippen LogP contribution in [-0.4, -0.2) is 29.8 Å². The van der Waals surface area contributed by atoms with Crippen LogP contribution in [0.4, 0.5) is 0 Å². The molecule has 3 atom stereocenters. The number of carbonyl (C=O) groups excluding carboxylic acids is 1. The van der Waals surface area contributed by atoms with Gasteiger partial charge in [-0.15, -0.1) is 0 Å². The molecule has 106 valence electrons. The van der Waals surface area contributed by atoms with E-state index in [-0.39, 0.29) is 11.3 Å². The Hall–Kier alpha value is -0.370. The van der Waals surface area contributed by atoms with Gasteiger partial charge >= 0.3 is 0 Å². The molecule has 0 spiro atoms. The highest BCUT2D eigenvalue weighted by molar-refractivity contribution is 5.82. The Morgan fingerprint density at radius 3 is 2.28 bits per heavy atom. The zero-order chi connectivity index (χ0) is 13.9. The maximum atomic E-state index is 12.3. The average Bonchev–Trinajstić information content (AvgIpc) is 2.29. The van der Waals surface area contributed by atoms with Crippen LogP contribution in [0.2, 0.25) is 0 Å². The number of nitrogens with zero attached hydrogens (tertiary/aromatic N) is 1. The van der Waals surface area contributed by atoms with Crippen molar-refractivity contribution < 1.29 is 4.79 Å². The molecule has 1 rings (SSSR count). The molecule has 0 aromatic carbocycles. The lowest BCUT2D eigenvalue weighted by Crippen LogP contribution is -2.49. The van der Waals surface area contributed by atoms with Crippen molar-refractivity contribution >= 4 is 5.78 Å². The molecular weight excluding hydrogens is 222 g/mol. The van der Waals surface area contributed by atoms with Gasteiger partial charge in [0.2, 0.25) is 0 Å². The van der Waals surface area contributed by atoms with Crippen molar-refractivity contribution in [2.24, 2.45) is 17.3 Å². The molecule has 0 aromatic heterocycles. The van der Waals surface area contributed by atoms with E-state index in [1.807, 2.05) is 0 Å². The second-order valence-corrected chi connectivity index (χ2v) is 6.62. The van der Waals surface area contributed by atoms with Gasteiger partial charge < -0.3 is 4.90 Å². The minimum absolute atomic E-state index is 0.0866. The summed E-state index contributed by atoms with van der Waals surface area (Å²) in [5.74, 6) is 1.34. The van der Waals surface area contributed by atoms with Crippen molar-refractivity contribution in [2.75, 3.05) is 13.1 Å². The fourth-order valence-corrected chi connectivity index (χ4v) is 3.52. The molecule has 3 unspecified atom stereocenters. The molecule has 0 heterocycles. The van der Waals surface area contributed by atoms with Crippen LogP contribution in [0.3, 0.4) is 0 Å². The van der Waals surface area contributed by atoms with Gasteiger partial charge in [-0.2, -0.15) is 0 Å². The number of Topliss-reactive ketones (excluding diaryl/α,β-unsaturated/α-hetero) is 1. The summed E-state index contributed by atoms with van der Waals surface area (Å²) in [5.41, 5.74) is 0.0866. The van der Waals surface area contributed by atoms with Crippen LogP contribution >= 0.6 is 0 Å². The van der Waals surface area contributed by atoms with Crippen LogP contribution in [0, 0.1) is 17.3 Å². The summed E-state index contributed by atoms with van der Waals surface area (Å²) < 4.78 is 0. The quantitative estimate of drug-likeness (QED) is 0.744. The van der Waals surface area contributed by atoms with Crippen molar-refractivity contribution in [1.29, 1.82) is 0 Å². The smallest absolute Gasteiger partial charge is 0.136 e. The van der Waals surface area contributed by atoms with Crippen molar-refractivity contribution in [3.63, 3.8) is 0 Å². The fourth-order valence-electron chi connectivity index (χ4n) is 3.52. The third kappa shape index (κ3) is 3.14. The molecule has 0 aromatic rings. The summed E-state index contributed by atoms with van der Waals surface area (Å²) in [6.45, 7) is 15.6. The van der Waals surface area contributed by atoms with E-state index in [9.17, 15) is 4.79 Å². The molecule has 1 fully saturated rings. The zero-order valence-corrected chi connectivity index (χ0v) is 13.1. The van der Waals surface area contributed by atoms with Gasteiger partial charge in [-0.25, -0.2) is 0 Å². The highest BCUT2D eigenvalue weighted by Gasteiger charge is 2.42. The van der Waals surface area contributed by atoms with Crippen LogP contribution < -0.4 is 0 Å². The van der Waals surface area contributed by atoms with Gasteiger partial charge in [0.25, 0.3) is 0 Å². The predicted molar refractivity (Wildman–Crippen MR) is 77.7 cm³/mol. The summed E-state index contributed by atoms with van der Waals surface area (Å²) >= 11 is 0. The average molecular weight is 253 g/mol. The van der Waals surface area contributed by atoms with Crippen LogP contribution in [0.25, 0.3) is 0 Å². The van der Waals surface area contributed by atoms with Crippen LogP contribution in [0.1, 0.15) is 60.8 Å². The molecule has 0 amide bonds. The first kappa shape index (κ1) is 15.7. The number of ketones is 1. The highest BCUT2D eigenvalue weighted by Crippen LogP contribution is 2.41. The second-order valence-electron chi connectivity index (χ2n) is 6.62. The Bertz CT molecular complexity index is 281. The van der Waals surface area contributed by atoms with Crippen molar-refractivity contribution in [2.45, 2.75) is 66.8 Å². The van der Waals surface area contributed by atoms with E-state index in [2.05, 4.69) is 46.4 Å². The van der Waals surface area contributed by atoms with Crippen LogP contribution in [0.15, 0.2) is 0 Å². The molecule has 18 heavy (non-hydrogen) atoms. The molecule has 0 N–H and O–H groups in total. The van der Waals surface area contributed by atoms with Crippen molar-refractivity contribution in [1.82, 2.24) is 4.90 Å². The monoisotopic (exact) mass is 253 g/mol. The summed E-state index contributed by atoms with van der Waals surface area (Å²) in [7, 11) is 0. The number of rotatable bonds is 5. The van der Waals surface area contributed by atoms with E-state index >= 15 is 0 Å². The van der Waals surface area contributed by atoms with Gasteiger partial charge in [0.15, 0.2) is 0 Å². The van der Waals surface area contributed by atoms with Crippen molar-refractivity contribution in [3.8, 4) is 0 Å². The zero-order valence-electron chi connectivity index (χ0n) is 13.1. The van der Waals surface area contributed by atoms with Crippen LogP contribution in [0.5, 0.6) is 0 Å². The molecule has 2 nitrogen and oxygen atoms in total. The topological polar surface area (TPSA) is 20.3 Å². The number of carbonyl (C=O) groups is 1. The number of hydrogen-bond acceptors (Lipinski definition) is 2. The molecule has 0 bridgehead atoms. The minimum Gasteiger partial charge on any atom is -0.301 e. The van der Waals surface area contributed by atoms with E-state index in [1.54, 1.807) is 0 Å². The summed E-state index contributed by atoms with van der Waals surface area (Å²) in [6, 6.07) is 0.467. The van der Waals surface area contributed by atoms with Gasteiger partial charge in [-0.3, -0.25) is 4.79 Å². The molecule has 0 aliphatic heterocycles. The summed E-state index contributed by atoms with van der Waals surface area (Å²) in [5, 5.41) is 0. The molecule has 1 saturated carbocycles. The summed E-state index contributed by atoms with van der Waals surface area (Å²) in [4.78, 5) is 14.8. The number of hydrogen-bond donors (Lipinski definition) is 0. The molecule has 0 radical (unpaired) electrons. The van der Waals surface area contributed by atoms with Gasteiger partial charge in [0, 0.05) is 18.4 Å². The first-order valence-electron chi connectivity index (χ1n) is 7.61. The van der Waals surface area contributed by atoms with Crippen LogP contribution in [-0.2, 0) is 4.79 Å². The minimum atomic E-state index is 0.0866. The van der Waals surface area contributed by atoms with Gasteiger partial charge in [0.05, 0.1) is 0 Å². The molecule has 1 aliphatic carbocycles. The van der Waals surface area contributed by atoms with E-state index in [4.69, 9.17) is 0 Å². The SMILES string of the molecule is CCN(CC)C(C)C(C)(C)C1CCC(C)CC1=O. The maximum Gasteiger partial charge on any atom is 0.136 e. The van der Waals surface area contributed by atoms with Gasteiger partial charge in [-0.1, -0.05) is 34.6 Å². The molecule has 2 heteroatoms. The lowest BCUT2D eigenvalue weighted by Gasteiger charge is -2.45. The normalized spacial score (nSPS) is 27.6.